The Balaban J connectivity index is 0. The number of nitrogens with one attached hydrogen (secondary N) is 3. The zero-order valence-electron chi connectivity index (χ0n) is 18.3. The highest BCUT2D eigenvalue weighted by molar-refractivity contribution is 5.13. The Morgan fingerprint density at radius 2 is 1.03 bits per heavy atom. The van der Waals surface area contributed by atoms with Gasteiger partial charge in [0.2, 0.25) is 0 Å². The molecule has 0 fully saturated rings. The molecular weight excluding hydrogens is 360 g/mol. The van der Waals surface area contributed by atoms with Gasteiger partial charge >= 0.3 is 0 Å². The van der Waals surface area contributed by atoms with Crippen molar-refractivity contribution in [2.24, 2.45) is 0 Å². The number of H-pyrrole nitrogens is 3. The number of hydrogen-bond donors (Lipinski definition) is 3. The average molecular weight is 405 g/mol. The minimum absolute atomic E-state index is 0. The molecule has 3 aromatic rings. The van der Waals surface area contributed by atoms with Crippen LogP contribution in [0.25, 0.3) is 0 Å². The van der Waals surface area contributed by atoms with Gasteiger partial charge in [-0.15, -0.1) is 0 Å². The van der Waals surface area contributed by atoms with E-state index in [9.17, 15) is 0 Å². The van der Waals surface area contributed by atoms with Gasteiger partial charge in [0.1, 0.15) is 0 Å². The Labute approximate surface area is 178 Å². The van der Waals surface area contributed by atoms with Gasteiger partial charge in [0.05, 0.1) is 6.20 Å². The van der Waals surface area contributed by atoms with Crippen LogP contribution in [-0.2, 0) is 16.2 Å². The van der Waals surface area contributed by atoms with Gasteiger partial charge < -0.3 is 0 Å². The van der Waals surface area contributed by atoms with Gasteiger partial charge in [0, 0.05) is 40.8 Å². The molecule has 3 N–H and O–H groups in total. The second kappa shape index (κ2) is 11.6. The van der Waals surface area contributed by atoms with Crippen molar-refractivity contribution in [1.29, 1.82) is 0 Å². The zero-order valence-corrected chi connectivity index (χ0v) is 18.3. The van der Waals surface area contributed by atoms with E-state index in [1.165, 1.54) is 17.0 Å². The Morgan fingerprint density at radius 3 is 1.17 bits per heavy atom. The summed E-state index contributed by atoms with van der Waals surface area (Å²) < 4.78 is 0. The monoisotopic (exact) mass is 404 g/mol. The lowest BCUT2D eigenvalue weighted by Gasteiger charge is -2.14. The first-order chi connectivity index (χ1) is 12.3. The van der Waals surface area contributed by atoms with Crippen LogP contribution < -0.4 is 0 Å². The first kappa shape index (κ1) is 28.8. The van der Waals surface area contributed by atoms with Crippen molar-refractivity contribution in [1.82, 2.24) is 30.6 Å². The fraction of sp³-hybridized carbons (Fsp3) is 0.609. The van der Waals surface area contributed by atoms with Crippen molar-refractivity contribution in [2.75, 3.05) is 0 Å². The summed E-state index contributed by atoms with van der Waals surface area (Å²) in [6, 6.07) is 4.00. The SMILES string of the molecule is C.C.CC(C)(C)c1ccn[nH]1.CC(C)(C)c1ccn[nH]1.CC(C)(C)c1cn[nH]c1. The molecular formula is C23H44N6. The Kier molecular flexibility index (Phi) is 11.5. The van der Waals surface area contributed by atoms with Crippen molar-refractivity contribution >= 4 is 0 Å². The predicted octanol–water partition coefficient (Wildman–Crippen LogP) is 6.39. The standard InChI is InChI=1S/3C7H12N2.2CH4/c1-7(2,3)6-4-8-9-5-6;2*1-7(2,3)6-4-5-8-9-6;;/h3*4-5H,1-3H3,(H,8,9);2*1H4. The average Bonchev–Trinajstić information content (AvgIpc) is 3.28. The maximum atomic E-state index is 3.86. The van der Waals surface area contributed by atoms with Gasteiger partial charge in [-0.05, 0) is 23.1 Å². The number of hydrogen-bond acceptors (Lipinski definition) is 3. The number of nitrogens with zero attached hydrogens (tertiary/aromatic N) is 3. The summed E-state index contributed by atoms with van der Waals surface area (Å²) in [5, 5.41) is 20.2. The van der Waals surface area contributed by atoms with Gasteiger partial charge in [0.25, 0.3) is 0 Å². The van der Waals surface area contributed by atoms with Crippen LogP contribution in [0.4, 0.5) is 0 Å². The van der Waals surface area contributed by atoms with Crippen LogP contribution in [0.2, 0.25) is 0 Å². The molecule has 29 heavy (non-hydrogen) atoms. The third-order valence-electron chi connectivity index (χ3n) is 3.98. The fourth-order valence-electron chi connectivity index (χ4n) is 2.01. The molecule has 0 aromatic carbocycles. The van der Waals surface area contributed by atoms with E-state index in [2.05, 4.69) is 92.9 Å². The van der Waals surface area contributed by atoms with E-state index in [0.29, 0.717) is 0 Å². The maximum absolute atomic E-state index is 3.86. The highest BCUT2D eigenvalue weighted by Crippen LogP contribution is 2.20. The van der Waals surface area contributed by atoms with E-state index in [1.54, 1.807) is 12.4 Å². The normalized spacial score (nSPS) is 11.1. The Hall–Kier alpha value is -2.37. The summed E-state index contributed by atoms with van der Waals surface area (Å²) in [6.45, 7) is 19.4. The smallest absolute Gasteiger partial charge is 0.0524 e. The van der Waals surface area contributed by atoms with Crippen LogP contribution in [-0.4, -0.2) is 30.6 Å². The van der Waals surface area contributed by atoms with E-state index in [-0.39, 0.29) is 31.1 Å². The summed E-state index contributed by atoms with van der Waals surface area (Å²) >= 11 is 0. The maximum Gasteiger partial charge on any atom is 0.0524 e. The molecule has 3 aromatic heterocycles. The summed E-state index contributed by atoms with van der Waals surface area (Å²) in [6.07, 6.45) is 7.35. The first-order valence-electron chi connectivity index (χ1n) is 9.31. The van der Waals surface area contributed by atoms with Crippen molar-refractivity contribution in [3.63, 3.8) is 0 Å². The van der Waals surface area contributed by atoms with Crippen LogP contribution >= 0.6 is 0 Å². The van der Waals surface area contributed by atoms with Gasteiger partial charge in [-0.3, -0.25) is 15.3 Å². The molecule has 0 saturated heterocycles. The quantitative estimate of drug-likeness (QED) is 0.405. The molecule has 166 valence electrons. The summed E-state index contributed by atoms with van der Waals surface area (Å²) in [5.74, 6) is 0. The van der Waals surface area contributed by atoms with Crippen molar-refractivity contribution in [3.05, 3.63) is 53.9 Å². The molecule has 0 atom stereocenters. The molecule has 0 radical (unpaired) electrons. The lowest BCUT2D eigenvalue weighted by Crippen LogP contribution is -2.11. The second-order valence-electron chi connectivity index (χ2n) is 9.68. The van der Waals surface area contributed by atoms with Crippen LogP contribution in [0.1, 0.15) is 94.1 Å². The largest absolute Gasteiger partial charge is 0.285 e. The third kappa shape index (κ3) is 10.7. The molecule has 0 aliphatic heterocycles. The molecule has 0 bridgehead atoms. The van der Waals surface area contributed by atoms with Crippen molar-refractivity contribution in [2.45, 2.75) is 93.4 Å². The lowest BCUT2D eigenvalue weighted by molar-refractivity contribution is 0.566. The van der Waals surface area contributed by atoms with Crippen molar-refractivity contribution in [3.8, 4) is 0 Å². The van der Waals surface area contributed by atoms with Gasteiger partial charge in [0.15, 0.2) is 0 Å². The zero-order chi connectivity index (χ0) is 20.7. The fourth-order valence-corrected chi connectivity index (χ4v) is 2.01. The lowest BCUT2D eigenvalue weighted by atomic mass is 9.90. The Morgan fingerprint density at radius 1 is 0.621 bits per heavy atom. The predicted molar refractivity (Wildman–Crippen MR) is 125 cm³/mol. The topological polar surface area (TPSA) is 86.0 Å². The summed E-state index contributed by atoms with van der Waals surface area (Å²) in [5.41, 5.74) is 4.26. The first-order valence-corrected chi connectivity index (χ1v) is 9.31. The molecule has 0 aliphatic carbocycles. The highest BCUT2D eigenvalue weighted by atomic mass is 15.1. The van der Waals surface area contributed by atoms with E-state index >= 15 is 0 Å². The summed E-state index contributed by atoms with van der Waals surface area (Å²) in [4.78, 5) is 0. The van der Waals surface area contributed by atoms with E-state index in [1.807, 2.05) is 24.5 Å². The molecule has 6 nitrogen and oxygen atoms in total. The molecule has 0 unspecified atom stereocenters. The van der Waals surface area contributed by atoms with Crippen LogP contribution in [0.15, 0.2) is 36.9 Å². The minimum atomic E-state index is 0. The molecule has 0 saturated carbocycles. The third-order valence-corrected chi connectivity index (χ3v) is 3.98. The highest BCUT2D eigenvalue weighted by Gasteiger charge is 2.14. The molecule has 6 heteroatoms. The molecule has 3 rings (SSSR count). The minimum Gasteiger partial charge on any atom is -0.285 e. The number of aromatic amines is 3. The van der Waals surface area contributed by atoms with Crippen LogP contribution in [0.3, 0.4) is 0 Å². The van der Waals surface area contributed by atoms with Crippen molar-refractivity contribution < 1.29 is 0 Å². The molecule has 0 spiro atoms. The number of aromatic nitrogens is 6. The van der Waals surface area contributed by atoms with Crippen LogP contribution in [0, 0.1) is 0 Å². The van der Waals surface area contributed by atoms with Gasteiger partial charge in [-0.2, -0.15) is 15.3 Å². The second-order valence-corrected chi connectivity index (χ2v) is 9.68. The van der Waals surface area contributed by atoms with Gasteiger partial charge in [-0.1, -0.05) is 77.2 Å². The van der Waals surface area contributed by atoms with Crippen LogP contribution in [0.5, 0.6) is 0 Å². The Bertz CT molecular complexity index is 614. The molecule has 0 amide bonds. The van der Waals surface area contributed by atoms with E-state index in [0.717, 1.165) is 0 Å². The molecule has 0 aliphatic rings. The summed E-state index contributed by atoms with van der Waals surface area (Å²) in [7, 11) is 0. The van der Waals surface area contributed by atoms with E-state index < -0.39 is 0 Å². The van der Waals surface area contributed by atoms with E-state index in [4.69, 9.17) is 0 Å². The molecule has 3 heterocycles. The number of rotatable bonds is 0. The van der Waals surface area contributed by atoms with Gasteiger partial charge in [-0.25, -0.2) is 0 Å².